The number of halogens is 1. The number of carbonyl (C=O) groups is 1. The number of hydrogen-bond donors (Lipinski definition) is 0. The van der Waals surface area contributed by atoms with Gasteiger partial charge < -0.3 is 9.80 Å². The quantitative estimate of drug-likeness (QED) is 0.377. The van der Waals surface area contributed by atoms with E-state index in [1.54, 1.807) is 11.8 Å². The number of carbonyl (C=O) groups excluding carboxylic acids is 1. The van der Waals surface area contributed by atoms with Gasteiger partial charge in [-0.15, -0.1) is 11.8 Å². The van der Waals surface area contributed by atoms with Crippen LogP contribution in [-0.4, -0.2) is 99.8 Å². The van der Waals surface area contributed by atoms with Crippen LogP contribution < -0.4 is 10.6 Å². The predicted molar refractivity (Wildman–Crippen MR) is 175 cm³/mol. The van der Waals surface area contributed by atoms with E-state index in [9.17, 15) is 14.0 Å². The van der Waals surface area contributed by atoms with Gasteiger partial charge in [0.25, 0.3) is 0 Å². The zero-order chi connectivity index (χ0) is 30.7. The molecule has 1 aliphatic carbocycles. The Kier molecular flexibility index (Phi) is 7.79. The molecule has 0 unspecified atom stereocenters. The normalized spacial score (nSPS) is 24.6. The Labute approximate surface area is 262 Å². The van der Waals surface area contributed by atoms with E-state index in [0.717, 1.165) is 77.0 Å². The van der Waals surface area contributed by atoms with Gasteiger partial charge in [-0.05, 0) is 69.0 Å². The Morgan fingerprint density at radius 3 is 2.41 bits per heavy atom. The van der Waals surface area contributed by atoms with Gasteiger partial charge in [0.2, 0.25) is 5.91 Å². The first-order chi connectivity index (χ1) is 21.2. The van der Waals surface area contributed by atoms with Gasteiger partial charge in [0, 0.05) is 85.5 Å². The number of amides is 1. The van der Waals surface area contributed by atoms with Crippen molar-refractivity contribution in [3.63, 3.8) is 0 Å². The molecule has 0 bridgehead atoms. The minimum atomic E-state index is -0.268. The number of nitrogens with zero attached hydrogens (tertiary/aromatic N) is 6. The minimum Gasteiger partial charge on any atom is -0.352 e. The summed E-state index contributed by atoms with van der Waals surface area (Å²) in [5, 5.41) is 0.960. The lowest BCUT2D eigenvalue weighted by molar-refractivity contribution is -0.130. The molecule has 3 atom stereocenters. The van der Waals surface area contributed by atoms with Crippen molar-refractivity contribution in [3.05, 3.63) is 64.9 Å². The molecule has 0 spiro atoms. The van der Waals surface area contributed by atoms with E-state index in [-0.39, 0.29) is 35.5 Å². The SMILES string of the molecule is C=CC(=O)N1[C@H](C)CN(c2nc(=O)n3c4c(c(-c5ccc(F)cc5)c(C)cc24)SC[C@@H]3CN2CCN(C3CC3)CC2)C[C@@H]1C. The summed E-state index contributed by atoms with van der Waals surface area (Å²) in [4.78, 5) is 41.8. The lowest BCUT2D eigenvalue weighted by Crippen LogP contribution is -2.58. The van der Waals surface area contributed by atoms with Crippen LogP contribution >= 0.6 is 11.8 Å². The van der Waals surface area contributed by atoms with Crippen LogP contribution in [0.3, 0.4) is 0 Å². The largest absolute Gasteiger partial charge is 0.352 e. The molecule has 0 radical (unpaired) electrons. The van der Waals surface area contributed by atoms with Crippen molar-refractivity contribution in [2.45, 2.75) is 62.7 Å². The first-order valence-corrected chi connectivity index (χ1v) is 16.9. The molecule has 232 valence electrons. The fourth-order valence-electron chi connectivity index (χ4n) is 7.66. The maximum absolute atomic E-state index is 14.1. The highest BCUT2D eigenvalue weighted by atomic mass is 32.2. The molecule has 2 aromatic carbocycles. The van der Waals surface area contributed by atoms with Crippen LogP contribution in [-0.2, 0) is 4.79 Å². The van der Waals surface area contributed by atoms with Crippen molar-refractivity contribution in [3.8, 4) is 11.1 Å². The fraction of sp³-hybridized carbons (Fsp3) is 0.500. The van der Waals surface area contributed by atoms with Crippen LogP contribution in [0.5, 0.6) is 0 Å². The van der Waals surface area contributed by atoms with E-state index in [2.05, 4.69) is 34.3 Å². The van der Waals surface area contributed by atoms with Gasteiger partial charge in [0.1, 0.15) is 11.6 Å². The van der Waals surface area contributed by atoms with Crippen LogP contribution in [0.25, 0.3) is 22.0 Å². The topological polar surface area (TPSA) is 64.9 Å². The highest BCUT2D eigenvalue weighted by Gasteiger charge is 2.37. The summed E-state index contributed by atoms with van der Waals surface area (Å²) in [6, 6.07) is 9.47. The highest BCUT2D eigenvalue weighted by Crippen LogP contribution is 2.46. The average molecular weight is 617 g/mol. The zero-order valence-corrected chi connectivity index (χ0v) is 26.7. The predicted octanol–water partition coefficient (Wildman–Crippen LogP) is 4.55. The molecule has 1 aromatic heterocycles. The lowest BCUT2D eigenvalue weighted by atomic mass is 9.97. The molecule has 3 fully saturated rings. The Morgan fingerprint density at radius 1 is 1.09 bits per heavy atom. The van der Waals surface area contributed by atoms with Gasteiger partial charge in [-0.1, -0.05) is 18.7 Å². The van der Waals surface area contributed by atoms with E-state index in [1.165, 1.54) is 31.1 Å². The fourth-order valence-corrected chi connectivity index (χ4v) is 9.04. The molecule has 44 heavy (non-hydrogen) atoms. The van der Waals surface area contributed by atoms with E-state index in [4.69, 9.17) is 4.98 Å². The minimum absolute atomic E-state index is 0.000191. The van der Waals surface area contributed by atoms with Crippen molar-refractivity contribution in [1.82, 2.24) is 24.3 Å². The van der Waals surface area contributed by atoms with E-state index >= 15 is 0 Å². The second-order valence-electron chi connectivity index (χ2n) is 13.0. The maximum Gasteiger partial charge on any atom is 0.350 e. The van der Waals surface area contributed by atoms with Gasteiger partial charge >= 0.3 is 5.69 Å². The Hall–Kier alpha value is -3.21. The number of anilines is 1. The first-order valence-electron chi connectivity index (χ1n) is 15.9. The second-order valence-corrected chi connectivity index (χ2v) is 14.0. The molecule has 8 nitrogen and oxygen atoms in total. The monoisotopic (exact) mass is 616 g/mol. The van der Waals surface area contributed by atoms with Crippen molar-refractivity contribution < 1.29 is 9.18 Å². The Bertz CT molecular complexity index is 1650. The average Bonchev–Trinajstić information content (AvgIpc) is 3.85. The molecular weight excluding hydrogens is 575 g/mol. The summed E-state index contributed by atoms with van der Waals surface area (Å²) in [6.07, 6.45) is 4.03. The summed E-state index contributed by atoms with van der Waals surface area (Å²) < 4.78 is 15.9. The van der Waals surface area contributed by atoms with Crippen molar-refractivity contribution in [2.75, 3.05) is 56.5 Å². The summed E-state index contributed by atoms with van der Waals surface area (Å²) >= 11 is 1.80. The standard InChI is InChI=1S/C34H41FN6O2S/c1-5-29(42)40-22(3)17-39(18-23(40)4)33-28-16-21(2)30(24-6-8-25(35)9-7-24)32-31(28)41(34(43)36-33)27(20-44-32)19-37-12-14-38(15-13-37)26-10-11-26/h5-9,16,22-23,26-27H,1,10-15,17-20H2,2-4H3/t22-,23+,27-/m0/s1. The van der Waals surface area contributed by atoms with Gasteiger partial charge in [-0.3, -0.25) is 19.2 Å². The van der Waals surface area contributed by atoms with Crippen molar-refractivity contribution >= 4 is 34.4 Å². The van der Waals surface area contributed by atoms with Gasteiger partial charge in [0.15, 0.2) is 0 Å². The summed E-state index contributed by atoms with van der Waals surface area (Å²) in [7, 11) is 0. The Morgan fingerprint density at radius 2 is 1.77 bits per heavy atom. The third kappa shape index (κ3) is 5.24. The van der Waals surface area contributed by atoms with Crippen LogP contribution in [0.15, 0.2) is 52.7 Å². The van der Waals surface area contributed by atoms with Crippen molar-refractivity contribution in [2.24, 2.45) is 0 Å². The van der Waals surface area contributed by atoms with Gasteiger partial charge in [-0.25, -0.2) is 9.18 Å². The second kappa shape index (κ2) is 11.6. The number of benzene rings is 2. The first kappa shape index (κ1) is 29.5. The molecule has 10 heteroatoms. The summed E-state index contributed by atoms with van der Waals surface area (Å²) in [6.45, 7) is 16.0. The Balaban J connectivity index is 1.32. The summed E-state index contributed by atoms with van der Waals surface area (Å²) in [5.41, 5.74) is 3.75. The van der Waals surface area contributed by atoms with Crippen LogP contribution in [0.2, 0.25) is 0 Å². The molecular formula is C34H41FN6O2S. The number of thioether (sulfide) groups is 1. The van der Waals surface area contributed by atoms with Crippen LogP contribution in [0.1, 0.15) is 38.3 Å². The molecule has 1 saturated carbocycles. The van der Waals surface area contributed by atoms with Gasteiger partial charge in [-0.2, -0.15) is 4.98 Å². The molecule has 1 amide bonds. The number of piperazine rings is 2. The third-order valence-electron chi connectivity index (χ3n) is 9.85. The van der Waals surface area contributed by atoms with E-state index < -0.39 is 0 Å². The molecule has 2 saturated heterocycles. The molecule has 3 aromatic rings. The van der Waals surface area contributed by atoms with Crippen LogP contribution in [0.4, 0.5) is 10.2 Å². The highest BCUT2D eigenvalue weighted by molar-refractivity contribution is 7.99. The maximum atomic E-state index is 14.1. The van der Waals surface area contributed by atoms with E-state index in [1.807, 2.05) is 35.4 Å². The lowest BCUT2D eigenvalue weighted by Gasteiger charge is -2.45. The molecule has 0 N–H and O–H groups in total. The number of hydrogen-bond acceptors (Lipinski definition) is 7. The molecule has 4 heterocycles. The number of aryl methyl sites for hydroxylation is 1. The van der Waals surface area contributed by atoms with Gasteiger partial charge in [0.05, 0.1) is 11.6 Å². The van der Waals surface area contributed by atoms with E-state index in [0.29, 0.717) is 18.9 Å². The molecule has 7 rings (SSSR count). The smallest absolute Gasteiger partial charge is 0.350 e. The summed E-state index contributed by atoms with van der Waals surface area (Å²) in [5.74, 6) is 1.11. The number of rotatable bonds is 6. The van der Waals surface area contributed by atoms with Crippen molar-refractivity contribution in [1.29, 1.82) is 0 Å². The molecule has 3 aliphatic heterocycles. The zero-order valence-electron chi connectivity index (χ0n) is 25.8. The number of aromatic nitrogens is 2. The van der Waals surface area contributed by atoms with Crippen LogP contribution in [0, 0.1) is 12.7 Å². The third-order valence-corrected chi connectivity index (χ3v) is 11.1. The molecule has 4 aliphatic rings.